The molecule has 1 aliphatic rings. The normalized spacial score (nSPS) is 14.4. The standard InChI is InChI=1S/C27H29N9O/c1-27(2,3)26(37)31-17-9-16(11-28-12-17)19-10-18-20(14-30-19)34-35-23(18)25-32-21-13-29-15-22(24(21)33-25)36-7-5-4-6-8-36/h9-15H,4-8H2,1-3H3,(H,31,37)(H,32,33)(H,34,35). The molecule has 37 heavy (non-hydrogen) atoms. The number of anilines is 2. The minimum absolute atomic E-state index is 0.0738. The van der Waals surface area contributed by atoms with Gasteiger partial charge in [-0.3, -0.25) is 24.8 Å². The zero-order chi connectivity index (χ0) is 25.6. The average molecular weight is 496 g/mol. The number of nitrogens with zero attached hydrogens (tertiary/aromatic N) is 6. The van der Waals surface area contributed by atoms with E-state index in [2.05, 4.69) is 40.3 Å². The number of carbonyl (C=O) groups is 1. The molecule has 3 N–H and O–H groups in total. The van der Waals surface area contributed by atoms with E-state index in [0.717, 1.165) is 52.0 Å². The van der Waals surface area contributed by atoms with Crippen molar-refractivity contribution in [3.63, 3.8) is 0 Å². The lowest BCUT2D eigenvalue weighted by molar-refractivity contribution is -0.123. The molecule has 0 aromatic carbocycles. The first kappa shape index (κ1) is 23.1. The van der Waals surface area contributed by atoms with E-state index < -0.39 is 5.41 Å². The molecule has 0 saturated carbocycles. The molecule has 0 atom stereocenters. The van der Waals surface area contributed by atoms with Crippen molar-refractivity contribution in [1.82, 2.24) is 35.1 Å². The fourth-order valence-electron chi connectivity index (χ4n) is 4.62. The van der Waals surface area contributed by atoms with Gasteiger partial charge in [-0.25, -0.2) is 4.98 Å². The van der Waals surface area contributed by atoms with Gasteiger partial charge in [0.2, 0.25) is 5.91 Å². The number of H-pyrrole nitrogens is 2. The summed E-state index contributed by atoms with van der Waals surface area (Å²) in [5.74, 6) is 0.601. The molecule has 6 heterocycles. The third kappa shape index (κ3) is 4.39. The Morgan fingerprint density at radius 2 is 1.78 bits per heavy atom. The van der Waals surface area contributed by atoms with Crippen molar-refractivity contribution in [3.05, 3.63) is 43.1 Å². The van der Waals surface area contributed by atoms with Crippen LogP contribution in [0, 0.1) is 5.41 Å². The Morgan fingerprint density at radius 3 is 2.59 bits per heavy atom. The molecule has 1 fully saturated rings. The number of nitrogens with one attached hydrogen (secondary N) is 3. The maximum Gasteiger partial charge on any atom is 0.229 e. The number of aromatic amines is 2. The van der Waals surface area contributed by atoms with Gasteiger partial charge in [-0.15, -0.1) is 0 Å². The Kier molecular flexibility index (Phi) is 5.58. The average Bonchev–Trinajstić information content (AvgIpc) is 3.52. The van der Waals surface area contributed by atoms with Crippen LogP contribution in [0.1, 0.15) is 40.0 Å². The van der Waals surface area contributed by atoms with Crippen molar-refractivity contribution in [1.29, 1.82) is 0 Å². The summed E-state index contributed by atoms with van der Waals surface area (Å²) < 4.78 is 0. The molecule has 0 unspecified atom stereocenters. The first-order valence-electron chi connectivity index (χ1n) is 12.6. The van der Waals surface area contributed by atoms with Crippen LogP contribution in [-0.4, -0.2) is 54.1 Å². The van der Waals surface area contributed by atoms with Crippen LogP contribution in [0.4, 0.5) is 11.4 Å². The van der Waals surface area contributed by atoms with E-state index in [1.165, 1.54) is 19.3 Å². The second-order valence-electron chi connectivity index (χ2n) is 10.5. The van der Waals surface area contributed by atoms with Crippen molar-refractivity contribution in [2.45, 2.75) is 40.0 Å². The molecular weight excluding hydrogens is 466 g/mol. The van der Waals surface area contributed by atoms with Crippen molar-refractivity contribution in [2.24, 2.45) is 5.41 Å². The number of amides is 1. The SMILES string of the molecule is CC(C)(C)C(=O)Nc1cncc(-c2cc3c(-c4nc5c(N6CCCCC6)cncc5[nH]4)n[nH]c3cn2)c1. The summed E-state index contributed by atoms with van der Waals surface area (Å²) in [5.41, 5.74) is 6.00. The molecule has 1 aliphatic heterocycles. The number of imidazole rings is 1. The summed E-state index contributed by atoms with van der Waals surface area (Å²) in [6.07, 6.45) is 12.5. The third-order valence-electron chi connectivity index (χ3n) is 6.72. The summed E-state index contributed by atoms with van der Waals surface area (Å²) in [6, 6.07) is 3.85. The molecule has 1 saturated heterocycles. The summed E-state index contributed by atoms with van der Waals surface area (Å²) in [7, 11) is 0. The molecule has 0 spiro atoms. The van der Waals surface area contributed by atoms with Crippen molar-refractivity contribution in [2.75, 3.05) is 23.3 Å². The second-order valence-corrected chi connectivity index (χ2v) is 10.5. The Bertz CT molecular complexity index is 1610. The Hall–Kier alpha value is -4.34. The first-order chi connectivity index (χ1) is 17.9. The predicted molar refractivity (Wildman–Crippen MR) is 144 cm³/mol. The van der Waals surface area contributed by atoms with Crippen LogP contribution in [0.5, 0.6) is 0 Å². The molecule has 5 aromatic rings. The molecule has 10 nitrogen and oxygen atoms in total. The molecular formula is C27H29N9O. The zero-order valence-corrected chi connectivity index (χ0v) is 21.2. The van der Waals surface area contributed by atoms with E-state index in [0.29, 0.717) is 17.2 Å². The van der Waals surface area contributed by atoms with Gasteiger partial charge in [0.15, 0.2) is 5.82 Å². The van der Waals surface area contributed by atoms with Crippen LogP contribution >= 0.6 is 0 Å². The smallest absolute Gasteiger partial charge is 0.229 e. The van der Waals surface area contributed by atoms with Crippen LogP contribution in [0.3, 0.4) is 0 Å². The van der Waals surface area contributed by atoms with Gasteiger partial charge in [-0.2, -0.15) is 5.10 Å². The van der Waals surface area contributed by atoms with E-state index in [9.17, 15) is 4.79 Å². The molecule has 188 valence electrons. The lowest BCUT2D eigenvalue weighted by Crippen LogP contribution is -2.29. The van der Waals surface area contributed by atoms with E-state index in [4.69, 9.17) is 4.98 Å². The highest BCUT2D eigenvalue weighted by Crippen LogP contribution is 2.32. The Balaban J connectivity index is 1.37. The van der Waals surface area contributed by atoms with Crippen LogP contribution < -0.4 is 10.2 Å². The number of hydrogen-bond acceptors (Lipinski definition) is 7. The second kappa shape index (κ2) is 8.95. The predicted octanol–water partition coefficient (Wildman–Crippen LogP) is 4.93. The number of carbonyl (C=O) groups excluding carboxylic acids is 1. The molecule has 0 aliphatic carbocycles. The van der Waals surface area contributed by atoms with Gasteiger partial charge in [0.25, 0.3) is 0 Å². The maximum atomic E-state index is 12.4. The molecule has 6 rings (SSSR count). The largest absolute Gasteiger partial charge is 0.368 e. The minimum atomic E-state index is -0.505. The number of rotatable bonds is 4. The number of fused-ring (bicyclic) bond motifs is 2. The quantitative estimate of drug-likeness (QED) is 0.322. The molecule has 1 amide bonds. The zero-order valence-electron chi connectivity index (χ0n) is 21.2. The van der Waals surface area contributed by atoms with Gasteiger partial charge in [0.05, 0.1) is 52.9 Å². The molecule has 0 radical (unpaired) electrons. The fraction of sp³-hybridized carbons (Fsp3) is 0.333. The van der Waals surface area contributed by atoms with E-state index in [1.807, 2.05) is 45.3 Å². The van der Waals surface area contributed by atoms with Crippen molar-refractivity contribution >= 4 is 39.2 Å². The molecule has 10 heteroatoms. The Morgan fingerprint density at radius 1 is 0.973 bits per heavy atom. The fourth-order valence-corrected chi connectivity index (χ4v) is 4.62. The lowest BCUT2D eigenvalue weighted by atomic mass is 9.95. The van der Waals surface area contributed by atoms with Crippen molar-refractivity contribution < 1.29 is 4.79 Å². The van der Waals surface area contributed by atoms with Gasteiger partial charge in [-0.05, 0) is 31.4 Å². The van der Waals surface area contributed by atoms with Gasteiger partial charge in [-0.1, -0.05) is 20.8 Å². The van der Waals surface area contributed by atoms with Crippen LogP contribution in [0.15, 0.2) is 43.1 Å². The van der Waals surface area contributed by atoms with E-state index in [1.54, 1.807) is 18.6 Å². The van der Waals surface area contributed by atoms with Gasteiger partial charge in [0, 0.05) is 35.7 Å². The number of hydrogen-bond donors (Lipinski definition) is 3. The lowest BCUT2D eigenvalue weighted by Gasteiger charge is -2.28. The van der Waals surface area contributed by atoms with Crippen LogP contribution in [0.2, 0.25) is 0 Å². The maximum absolute atomic E-state index is 12.4. The number of piperidine rings is 1. The monoisotopic (exact) mass is 495 g/mol. The van der Waals surface area contributed by atoms with Gasteiger partial charge >= 0.3 is 0 Å². The van der Waals surface area contributed by atoms with Gasteiger partial charge < -0.3 is 15.2 Å². The summed E-state index contributed by atoms with van der Waals surface area (Å²) in [5, 5.41) is 11.5. The summed E-state index contributed by atoms with van der Waals surface area (Å²) in [4.78, 5) is 36.5. The highest BCUT2D eigenvalue weighted by atomic mass is 16.2. The third-order valence-corrected chi connectivity index (χ3v) is 6.72. The number of pyridine rings is 3. The van der Waals surface area contributed by atoms with Gasteiger partial charge in [0.1, 0.15) is 11.2 Å². The first-order valence-corrected chi connectivity index (χ1v) is 12.6. The number of aromatic nitrogens is 7. The highest BCUT2D eigenvalue weighted by Gasteiger charge is 2.22. The van der Waals surface area contributed by atoms with Crippen LogP contribution in [0.25, 0.3) is 44.7 Å². The minimum Gasteiger partial charge on any atom is -0.368 e. The molecule has 0 bridgehead atoms. The summed E-state index contributed by atoms with van der Waals surface area (Å²) in [6.45, 7) is 7.66. The van der Waals surface area contributed by atoms with Crippen molar-refractivity contribution in [3.8, 4) is 22.8 Å². The van der Waals surface area contributed by atoms with E-state index in [-0.39, 0.29) is 5.91 Å². The summed E-state index contributed by atoms with van der Waals surface area (Å²) >= 11 is 0. The Labute approximate surface area is 214 Å². The van der Waals surface area contributed by atoms with E-state index >= 15 is 0 Å². The van der Waals surface area contributed by atoms with Crippen LogP contribution in [-0.2, 0) is 4.79 Å². The topological polar surface area (TPSA) is 128 Å². The molecule has 5 aromatic heterocycles. The highest BCUT2D eigenvalue weighted by molar-refractivity contribution is 5.97.